The predicted molar refractivity (Wildman–Crippen MR) is 118 cm³/mol. The van der Waals surface area contributed by atoms with Crippen molar-refractivity contribution in [2.24, 2.45) is 0 Å². The second-order valence-corrected chi connectivity index (χ2v) is 7.07. The van der Waals surface area contributed by atoms with Gasteiger partial charge in [0.2, 0.25) is 0 Å². The highest BCUT2D eigenvalue weighted by molar-refractivity contribution is 6.06. The molecule has 0 saturated carbocycles. The number of esters is 1. The van der Waals surface area contributed by atoms with Gasteiger partial charge in [-0.15, -0.1) is 0 Å². The standard InChI is InChI=1S/C24H18F4N2O5/c1-34-21(31)13-35-18-4-2-3-15(11-18)23(33)30-20-10-9-17(12-19(20)24(26,27)28)29-22(32)14-5-7-16(25)8-6-14/h2-12H,13H2,1H3,(H,29,32)(H,30,33). The van der Waals surface area contributed by atoms with Crippen LogP contribution in [0.3, 0.4) is 0 Å². The molecule has 0 atom stereocenters. The van der Waals surface area contributed by atoms with E-state index in [-0.39, 0.29) is 22.6 Å². The third-order valence-electron chi connectivity index (χ3n) is 4.62. The van der Waals surface area contributed by atoms with Crippen LogP contribution >= 0.6 is 0 Å². The normalized spacial score (nSPS) is 10.9. The van der Waals surface area contributed by atoms with Gasteiger partial charge in [0, 0.05) is 16.8 Å². The maximum Gasteiger partial charge on any atom is 0.418 e. The molecule has 11 heteroatoms. The highest BCUT2D eigenvalue weighted by atomic mass is 19.4. The smallest absolute Gasteiger partial charge is 0.418 e. The summed E-state index contributed by atoms with van der Waals surface area (Å²) in [6.45, 7) is -0.412. The van der Waals surface area contributed by atoms with Crippen molar-refractivity contribution < 1.29 is 41.4 Å². The van der Waals surface area contributed by atoms with Crippen LogP contribution in [0.1, 0.15) is 26.3 Å². The summed E-state index contributed by atoms with van der Waals surface area (Å²) in [4.78, 5) is 36.0. The van der Waals surface area contributed by atoms with Crippen LogP contribution in [0.5, 0.6) is 5.75 Å². The number of carbonyl (C=O) groups excluding carboxylic acids is 3. The lowest BCUT2D eigenvalue weighted by Crippen LogP contribution is -2.18. The second kappa shape index (κ2) is 10.7. The molecule has 35 heavy (non-hydrogen) atoms. The van der Waals surface area contributed by atoms with Gasteiger partial charge in [0.1, 0.15) is 11.6 Å². The van der Waals surface area contributed by atoms with Crippen molar-refractivity contribution in [1.29, 1.82) is 0 Å². The Morgan fingerprint density at radius 2 is 1.54 bits per heavy atom. The van der Waals surface area contributed by atoms with Crippen LogP contribution in [0.25, 0.3) is 0 Å². The minimum Gasteiger partial charge on any atom is -0.482 e. The first-order chi connectivity index (χ1) is 16.6. The quantitative estimate of drug-likeness (QED) is 0.363. The molecule has 0 aliphatic heterocycles. The van der Waals surface area contributed by atoms with Crippen molar-refractivity contribution in [3.63, 3.8) is 0 Å². The van der Waals surface area contributed by atoms with E-state index in [9.17, 15) is 31.9 Å². The zero-order chi connectivity index (χ0) is 25.6. The molecular formula is C24H18F4N2O5. The van der Waals surface area contributed by atoms with Crippen molar-refractivity contribution in [3.05, 3.63) is 89.2 Å². The molecule has 0 unspecified atom stereocenters. The number of hydrogen-bond donors (Lipinski definition) is 2. The fraction of sp³-hybridized carbons (Fsp3) is 0.125. The lowest BCUT2D eigenvalue weighted by molar-refractivity contribution is -0.143. The van der Waals surface area contributed by atoms with Crippen molar-refractivity contribution in [3.8, 4) is 5.75 Å². The van der Waals surface area contributed by atoms with Crippen LogP contribution < -0.4 is 15.4 Å². The van der Waals surface area contributed by atoms with Crippen LogP contribution in [-0.2, 0) is 15.7 Å². The summed E-state index contributed by atoms with van der Waals surface area (Å²) in [5.41, 5.74) is -1.88. The van der Waals surface area contributed by atoms with E-state index in [0.29, 0.717) is 6.07 Å². The summed E-state index contributed by atoms with van der Waals surface area (Å²) >= 11 is 0. The summed E-state index contributed by atoms with van der Waals surface area (Å²) in [5.74, 6) is -2.68. The van der Waals surface area contributed by atoms with E-state index in [1.165, 1.54) is 49.6 Å². The van der Waals surface area contributed by atoms with E-state index in [0.717, 1.165) is 18.2 Å². The molecule has 7 nitrogen and oxygen atoms in total. The van der Waals surface area contributed by atoms with Gasteiger partial charge < -0.3 is 20.1 Å². The molecular weight excluding hydrogens is 472 g/mol. The van der Waals surface area contributed by atoms with Crippen LogP contribution in [0, 0.1) is 5.82 Å². The molecule has 3 aromatic carbocycles. The maximum atomic E-state index is 13.7. The molecule has 182 valence electrons. The van der Waals surface area contributed by atoms with Gasteiger partial charge in [-0.25, -0.2) is 9.18 Å². The van der Waals surface area contributed by atoms with Gasteiger partial charge in [-0.1, -0.05) is 6.07 Å². The molecule has 2 amide bonds. The lowest BCUT2D eigenvalue weighted by atomic mass is 10.1. The molecule has 3 aromatic rings. The van der Waals surface area contributed by atoms with Gasteiger partial charge >= 0.3 is 12.1 Å². The molecule has 0 fully saturated rings. The Bertz CT molecular complexity index is 1240. The van der Waals surface area contributed by atoms with Gasteiger partial charge in [0.05, 0.1) is 18.4 Å². The first kappa shape index (κ1) is 25.2. The van der Waals surface area contributed by atoms with E-state index in [1.54, 1.807) is 0 Å². The Balaban J connectivity index is 1.79. The molecule has 0 aliphatic rings. The van der Waals surface area contributed by atoms with Crippen molar-refractivity contribution in [1.82, 2.24) is 0 Å². The number of rotatable bonds is 7. The zero-order valence-electron chi connectivity index (χ0n) is 18.1. The minimum absolute atomic E-state index is 0.0193. The SMILES string of the molecule is COC(=O)COc1cccc(C(=O)Nc2ccc(NC(=O)c3ccc(F)cc3)cc2C(F)(F)F)c1. The third kappa shape index (κ3) is 6.79. The maximum absolute atomic E-state index is 13.7. The molecule has 0 spiro atoms. The van der Waals surface area contributed by atoms with Gasteiger partial charge in [-0.2, -0.15) is 13.2 Å². The predicted octanol–water partition coefficient (Wildman–Crippen LogP) is 4.90. The van der Waals surface area contributed by atoms with Crippen molar-refractivity contribution >= 4 is 29.2 Å². The molecule has 0 bridgehead atoms. The number of hydrogen-bond acceptors (Lipinski definition) is 5. The van der Waals surface area contributed by atoms with E-state index in [4.69, 9.17) is 4.74 Å². The number of alkyl halides is 3. The van der Waals surface area contributed by atoms with Gasteiger partial charge in [0.25, 0.3) is 11.8 Å². The first-order valence-electron chi connectivity index (χ1n) is 9.96. The highest BCUT2D eigenvalue weighted by Gasteiger charge is 2.34. The molecule has 3 rings (SSSR count). The molecule has 2 N–H and O–H groups in total. The average molecular weight is 490 g/mol. The van der Waals surface area contributed by atoms with Gasteiger partial charge in [-0.05, 0) is 60.7 Å². The Morgan fingerprint density at radius 3 is 2.20 bits per heavy atom. The third-order valence-corrected chi connectivity index (χ3v) is 4.62. The molecule has 0 heterocycles. The topological polar surface area (TPSA) is 93.7 Å². The van der Waals surface area contributed by atoms with Gasteiger partial charge in [-0.3, -0.25) is 9.59 Å². The highest BCUT2D eigenvalue weighted by Crippen LogP contribution is 2.37. The molecule has 0 saturated heterocycles. The number of halogens is 4. The van der Waals surface area contributed by atoms with Gasteiger partial charge in [0.15, 0.2) is 6.61 Å². The molecule has 0 radical (unpaired) electrons. The fourth-order valence-corrected chi connectivity index (χ4v) is 2.89. The Kier molecular flexibility index (Phi) is 7.69. The Hall–Kier alpha value is -4.41. The van der Waals surface area contributed by atoms with Crippen LogP contribution in [-0.4, -0.2) is 31.5 Å². The number of amides is 2. The number of nitrogens with one attached hydrogen (secondary N) is 2. The van der Waals surface area contributed by atoms with Crippen LogP contribution in [0.15, 0.2) is 66.7 Å². The van der Waals surface area contributed by atoms with Crippen LogP contribution in [0.2, 0.25) is 0 Å². The summed E-state index contributed by atoms with van der Waals surface area (Å²) < 4.78 is 63.7. The summed E-state index contributed by atoms with van der Waals surface area (Å²) in [7, 11) is 1.17. The molecule has 0 aliphatic carbocycles. The number of methoxy groups -OCH3 is 1. The van der Waals surface area contributed by atoms with Crippen molar-refractivity contribution in [2.45, 2.75) is 6.18 Å². The van der Waals surface area contributed by atoms with E-state index in [2.05, 4.69) is 15.4 Å². The Labute approximate surface area is 196 Å². The largest absolute Gasteiger partial charge is 0.482 e. The van der Waals surface area contributed by atoms with E-state index >= 15 is 0 Å². The first-order valence-corrected chi connectivity index (χ1v) is 9.96. The fourth-order valence-electron chi connectivity index (χ4n) is 2.89. The minimum atomic E-state index is -4.86. The Morgan fingerprint density at radius 1 is 0.857 bits per heavy atom. The summed E-state index contributed by atoms with van der Waals surface area (Å²) in [5, 5.41) is 4.50. The van der Waals surface area contributed by atoms with Crippen molar-refractivity contribution in [2.75, 3.05) is 24.4 Å². The van der Waals surface area contributed by atoms with E-state index < -0.39 is 47.6 Å². The monoisotopic (exact) mass is 490 g/mol. The van der Waals surface area contributed by atoms with E-state index in [1.807, 2.05) is 0 Å². The summed E-state index contributed by atoms with van der Waals surface area (Å²) in [6.07, 6.45) is -4.86. The lowest BCUT2D eigenvalue weighted by Gasteiger charge is -2.16. The number of anilines is 2. The average Bonchev–Trinajstić information content (AvgIpc) is 2.83. The number of carbonyl (C=O) groups is 3. The number of ether oxygens (including phenoxy) is 2. The zero-order valence-corrected chi connectivity index (χ0v) is 18.1. The molecule has 0 aromatic heterocycles. The summed E-state index contributed by atoms with van der Waals surface area (Å²) in [6, 6.07) is 12.8. The van der Waals surface area contributed by atoms with Crippen LogP contribution in [0.4, 0.5) is 28.9 Å². The number of benzene rings is 3. The second-order valence-electron chi connectivity index (χ2n) is 7.07.